The van der Waals surface area contributed by atoms with Gasteiger partial charge in [-0.05, 0) is 45.7 Å². The van der Waals surface area contributed by atoms with Crippen LogP contribution in [0.2, 0.25) is 5.02 Å². The van der Waals surface area contributed by atoms with Gasteiger partial charge in [0.2, 0.25) is 0 Å². The van der Waals surface area contributed by atoms with Crippen molar-refractivity contribution < 1.29 is 9.13 Å². The minimum absolute atomic E-state index is 0.0709. The molecule has 0 radical (unpaired) electrons. The average molecular weight is 410 g/mol. The number of benzene rings is 1. The van der Waals surface area contributed by atoms with Crippen LogP contribution in [0.1, 0.15) is 56.0 Å². The molecule has 27 heavy (non-hydrogen) atoms. The van der Waals surface area contributed by atoms with Crippen LogP contribution in [0.4, 0.5) is 10.2 Å². The summed E-state index contributed by atoms with van der Waals surface area (Å²) < 4.78 is 22.2. The third-order valence-corrected chi connectivity index (χ3v) is 6.52. The van der Waals surface area contributed by atoms with Gasteiger partial charge in [-0.1, -0.05) is 29.4 Å². The molecular weight excluding hydrogens is 389 g/mol. The summed E-state index contributed by atoms with van der Waals surface area (Å²) in [6.07, 6.45) is 1.55. The lowest BCUT2D eigenvalue weighted by Gasteiger charge is -2.36. The summed E-state index contributed by atoms with van der Waals surface area (Å²) in [5.74, 6) is 0.156. The van der Waals surface area contributed by atoms with Gasteiger partial charge in [0, 0.05) is 17.2 Å². The van der Waals surface area contributed by atoms with Crippen molar-refractivity contribution in [2.45, 2.75) is 50.5 Å². The van der Waals surface area contributed by atoms with E-state index >= 15 is 0 Å². The Hall–Kier alpha value is -1.57. The second kappa shape index (κ2) is 6.79. The molecule has 0 unspecified atom stereocenters. The molecule has 144 valence electrons. The standard InChI is InChI=1S/C19H21ClFN3O2S/c1-10-22-17-15(16(27-10)14-12(20)5-4-6-13(14)21)18(25)23-24(17)11-7-8-26-19(2,3)9-11/h4-6,11,16H,7-9H2,1-3H3,(H,23,25)/t11-,16-/m1/s1. The number of ether oxygens (including phenoxy) is 1. The van der Waals surface area contributed by atoms with E-state index in [1.807, 2.05) is 25.5 Å². The highest BCUT2D eigenvalue weighted by Crippen LogP contribution is 2.47. The van der Waals surface area contributed by atoms with E-state index in [1.54, 1.807) is 12.1 Å². The first-order chi connectivity index (χ1) is 12.8. The zero-order valence-electron chi connectivity index (χ0n) is 15.4. The van der Waals surface area contributed by atoms with Crippen LogP contribution in [-0.4, -0.2) is 27.0 Å². The molecule has 2 aromatic rings. The summed E-state index contributed by atoms with van der Waals surface area (Å²) in [6, 6.07) is 4.65. The van der Waals surface area contributed by atoms with Crippen molar-refractivity contribution in [2.75, 3.05) is 6.61 Å². The molecular formula is C19H21ClFN3O2S. The third-order valence-electron chi connectivity index (χ3n) is 5.05. The molecule has 8 heteroatoms. The minimum atomic E-state index is -0.524. The maximum atomic E-state index is 14.6. The summed E-state index contributed by atoms with van der Waals surface area (Å²) in [6.45, 7) is 6.57. The van der Waals surface area contributed by atoms with Crippen molar-refractivity contribution in [1.82, 2.24) is 9.78 Å². The van der Waals surface area contributed by atoms with Crippen molar-refractivity contribution in [2.24, 2.45) is 4.99 Å². The Kier molecular flexibility index (Phi) is 4.72. The van der Waals surface area contributed by atoms with Gasteiger partial charge in [-0.25, -0.2) is 9.38 Å². The summed E-state index contributed by atoms with van der Waals surface area (Å²) in [5.41, 5.74) is 0.271. The number of H-pyrrole nitrogens is 1. The predicted molar refractivity (Wildman–Crippen MR) is 107 cm³/mol. The van der Waals surface area contributed by atoms with E-state index in [1.165, 1.54) is 17.8 Å². The van der Waals surface area contributed by atoms with Gasteiger partial charge in [-0.15, -0.1) is 0 Å². The molecule has 2 aliphatic rings. The molecule has 1 saturated heterocycles. The van der Waals surface area contributed by atoms with Gasteiger partial charge in [-0.3, -0.25) is 14.6 Å². The number of hydrogen-bond donors (Lipinski definition) is 1. The number of thioether (sulfide) groups is 1. The Morgan fingerprint density at radius 1 is 1.41 bits per heavy atom. The molecule has 0 aliphatic carbocycles. The summed E-state index contributed by atoms with van der Waals surface area (Å²) in [4.78, 5) is 17.5. The maximum Gasteiger partial charge on any atom is 0.271 e. The van der Waals surface area contributed by atoms with Crippen LogP contribution in [-0.2, 0) is 4.74 Å². The highest BCUT2D eigenvalue weighted by molar-refractivity contribution is 8.14. The first-order valence-corrected chi connectivity index (χ1v) is 10.2. The summed E-state index contributed by atoms with van der Waals surface area (Å²) >= 11 is 7.65. The van der Waals surface area contributed by atoms with E-state index in [4.69, 9.17) is 16.3 Å². The van der Waals surface area contributed by atoms with Crippen molar-refractivity contribution >= 4 is 34.2 Å². The first-order valence-electron chi connectivity index (χ1n) is 8.91. The molecule has 1 N–H and O–H groups in total. The van der Waals surface area contributed by atoms with E-state index in [-0.39, 0.29) is 17.2 Å². The topological polar surface area (TPSA) is 59.4 Å². The lowest BCUT2D eigenvalue weighted by molar-refractivity contribution is -0.0705. The first kappa shape index (κ1) is 18.8. The van der Waals surface area contributed by atoms with Gasteiger partial charge >= 0.3 is 0 Å². The van der Waals surface area contributed by atoms with Crippen molar-refractivity contribution in [3.05, 3.63) is 50.5 Å². The molecule has 0 spiro atoms. The molecule has 2 atom stereocenters. The smallest absolute Gasteiger partial charge is 0.271 e. The number of fused-ring (bicyclic) bond motifs is 1. The zero-order chi connectivity index (χ0) is 19.3. The van der Waals surface area contributed by atoms with E-state index in [0.29, 0.717) is 28.6 Å². The van der Waals surface area contributed by atoms with Crippen LogP contribution in [0, 0.1) is 5.82 Å². The highest BCUT2D eigenvalue weighted by atomic mass is 35.5. The number of nitrogens with zero attached hydrogens (tertiary/aromatic N) is 2. The molecule has 0 bridgehead atoms. The van der Waals surface area contributed by atoms with Crippen molar-refractivity contribution in [1.29, 1.82) is 0 Å². The predicted octanol–water partition coefficient (Wildman–Crippen LogP) is 4.99. The fraction of sp³-hybridized carbons (Fsp3) is 0.474. The van der Waals surface area contributed by atoms with Gasteiger partial charge in [0.25, 0.3) is 5.56 Å². The quantitative estimate of drug-likeness (QED) is 0.760. The Morgan fingerprint density at radius 2 is 2.19 bits per heavy atom. The van der Waals surface area contributed by atoms with E-state index in [0.717, 1.165) is 17.9 Å². The molecule has 2 aliphatic heterocycles. The Balaban J connectivity index is 1.85. The summed E-state index contributed by atoms with van der Waals surface area (Å²) in [5, 5.41) is 3.50. The van der Waals surface area contributed by atoms with Crippen molar-refractivity contribution in [3.63, 3.8) is 0 Å². The number of aliphatic imine (C=N–C) groups is 1. The van der Waals surface area contributed by atoms with Crippen LogP contribution in [0.25, 0.3) is 0 Å². The molecule has 3 heterocycles. The normalized spacial score (nSPS) is 24.4. The van der Waals surface area contributed by atoms with E-state index in [9.17, 15) is 9.18 Å². The van der Waals surface area contributed by atoms with Crippen LogP contribution in [0.15, 0.2) is 28.0 Å². The molecule has 0 saturated carbocycles. The van der Waals surface area contributed by atoms with Crippen LogP contribution in [0.3, 0.4) is 0 Å². The number of hydrogen-bond acceptors (Lipinski definition) is 4. The third kappa shape index (κ3) is 3.37. The Morgan fingerprint density at radius 3 is 2.89 bits per heavy atom. The zero-order valence-corrected chi connectivity index (χ0v) is 17.0. The highest BCUT2D eigenvalue weighted by Gasteiger charge is 2.37. The van der Waals surface area contributed by atoms with E-state index in [2.05, 4.69) is 10.1 Å². The molecule has 1 aromatic heterocycles. The molecule has 5 nitrogen and oxygen atoms in total. The van der Waals surface area contributed by atoms with Crippen LogP contribution < -0.4 is 5.56 Å². The minimum Gasteiger partial charge on any atom is -0.375 e. The fourth-order valence-corrected chi connectivity index (χ4v) is 5.36. The monoisotopic (exact) mass is 409 g/mol. The molecule has 1 aromatic carbocycles. The summed E-state index contributed by atoms with van der Waals surface area (Å²) in [7, 11) is 0. The number of nitrogens with one attached hydrogen (secondary N) is 1. The molecule has 1 fully saturated rings. The second-order valence-electron chi connectivity index (χ2n) is 7.57. The van der Waals surface area contributed by atoms with E-state index < -0.39 is 11.1 Å². The number of aromatic amines is 1. The lowest BCUT2D eigenvalue weighted by atomic mass is 9.94. The largest absolute Gasteiger partial charge is 0.375 e. The Bertz CT molecular complexity index is 962. The maximum absolute atomic E-state index is 14.6. The molecule has 4 rings (SSSR count). The van der Waals surface area contributed by atoms with Gasteiger partial charge in [0.05, 0.1) is 27.5 Å². The number of rotatable bonds is 2. The van der Waals surface area contributed by atoms with Gasteiger partial charge < -0.3 is 4.74 Å². The van der Waals surface area contributed by atoms with Gasteiger partial charge in [0.1, 0.15) is 5.82 Å². The SMILES string of the molecule is CC1=Nc2c(c(=O)[nH]n2[C@@H]2CCOC(C)(C)C2)[C@@H](c2c(F)cccc2Cl)S1. The number of aromatic nitrogens is 2. The average Bonchev–Trinajstić information content (AvgIpc) is 2.90. The van der Waals surface area contributed by atoms with Gasteiger partial charge in [-0.2, -0.15) is 0 Å². The fourth-order valence-electron chi connectivity index (χ4n) is 3.86. The van der Waals surface area contributed by atoms with Gasteiger partial charge in [0.15, 0.2) is 5.82 Å². The lowest BCUT2D eigenvalue weighted by Crippen LogP contribution is -2.35. The van der Waals surface area contributed by atoms with Crippen molar-refractivity contribution in [3.8, 4) is 0 Å². The second-order valence-corrected chi connectivity index (χ2v) is 9.27. The van der Waals surface area contributed by atoms with Crippen LogP contribution in [0.5, 0.6) is 0 Å². The van der Waals surface area contributed by atoms with Crippen LogP contribution >= 0.6 is 23.4 Å². The molecule has 0 amide bonds. The Labute approximate surface area is 165 Å². The number of halogens is 2.